The van der Waals surface area contributed by atoms with Crippen LogP contribution in [0.4, 0.5) is 0 Å². The second-order valence-electron chi connectivity index (χ2n) is 10.5. The molecule has 1 saturated carbocycles. The zero-order chi connectivity index (χ0) is 26.8. The molecule has 1 fully saturated rings. The molecule has 2 amide bonds. The Bertz CT molecular complexity index is 1100. The molecule has 1 heterocycles. The standard InChI is InChI=1S/C31H38N2O5/c34-22-31(17-9-10-18-31)33-28(35)20-25-15-7-8-16-26(19-23-11-3-1-4-12-23)30(37)38-27(21-32-29(25)36)24-13-5-2-6-14-24/h1-8,11-14,25-27,34H,9-10,15-22H2,(H,32,36)(H,33,35)/t25-,26-,27+/m1/s1. The molecule has 7 nitrogen and oxygen atoms in total. The molecular weight excluding hydrogens is 480 g/mol. The number of hydrogen-bond donors (Lipinski definition) is 3. The number of aliphatic hydroxyl groups excluding tert-OH is 1. The van der Waals surface area contributed by atoms with Gasteiger partial charge in [-0.15, -0.1) is 0 Å². The lowest BCUT2D eigenvalue weighted by molar-refractivity contribution is -0.154. The molecule has 3 atom stereocenters. The third kappa shape index (κ3) is 7.54. The van der Waals surface area contributed by atoms with Gasteiger partial charge in [0.25, 0.3) is 0 Å². The summed E-state index contributed by atoms with van der Waals surface area (Å²) in [5.74, 6) is -1.72. The molecule has 0 unspecified atom stereocenters. The third-order valence-electron chi connectivity index (χ3n) is 7.63. The molecule has 2 aromatic rings. The summed E-state index contributed by atoms with van der Waals surface area (Å²) in [7, 11) is 0. The van der Waals surface area contributed by atoms with Gasteiger partial charge in [-0.1, -0.05) is 85.7 Å². The van der Waals surface area contributed by atoms with E-state index in [9.17, 15) is 19.5 Å². The highest BCUT2D eigenvalue weighted by Gasteiger charge is 2.35. The van der Waals surface area contributed by atoms with E-state index in [4.69, 9.17) is 4.74 Å². The fraction of sp³-hybridized carbons (Fsp3) is 0.452. The van der Waals surface area contributed by atoms with E-state index >= 15 is 0 Å². The van der Waals surface area contributed by atoms with E-state index in [1.54, 1.807) is 0 Å². The minimum atomic E-state index is -0.639. The van der Waals surface area contributed by atoms with Crippen molar-refractivity contribution < 1.29 is 24.2 Å². The average Bonchev–Trinajstić information content (AvgIpc) is 3.40. The van der Waals surface area contributed by atoms with E-state index in [1.165, 1.54) is 0 Å². The highest BCUT2D eigenvalue weighted by molar-refractivity contribution is 5.86. The van der Waals surface area contributed by atoms with E-state index in [0.29, 0.717) is 19.3 Å². The lowest BCUT2D eigenvalue weighted by Gasteiger charge is -2.29. The average molecular weight is 519 g/mol. The van der Waals surface area contributed by atoms with E-state index in [-0.39, 0.29) is 43.3 Å². The van der Waals surface area contributed by atoms with E-state index in [1.807, 2.05) is 72.8 Å². The maximum Gasteiger partial charge on any atom is 0.310 e. The van der Waals surface area contributed by atoms with Gasteiger partial charge in [0.1, 0.15) is 6.10 Å². The summed E-state index contributed by atoms with van der Waals surface area (Å²) in [6, 6.07) is 19.2. The smallest absolute Gasteiger partial charge is 0.310 e. The molecule has 4 rings (SSSR count). The highest BCUT2D eigenvalue weighted by Crippen LogP contribution is 2.30. The van der Waals surface area contributed by atoms with Crippen LogP contribution in [0.3, 0.4) is 0 Å². The van der Waals surface area contributed by atoms with Gasteiger partial charge in [0.2, 0.25) is 11.8 Å². The maximum atomic E-state index is 13.3. The molecule has 2 aliphatic rings. The molecule has 3 N–H and O–H groups in total. The summed E-state index contributed by atoms with van der Waals surface area (Å²) < 4.78 is 5.98. The number of aliphatic hydroxyl groups is 1. The third-order valence-corrected chi connectivity index (χ3v) is 7.63. The van der Waals surface area contributed by atoms with Crippen LogP contribution in [0.5, 0.6) is 0 Å². The molecule has 1 aliphatic carbocycles. The minimum Gasteiger partial charge on any atom is -0.455 e. The summed E-state index contributed by atoms with van der Waals surface area (Å²) in [6.45, 7) is 0.0253. The maximum absolute atomic E-state index is 13.3. The van der Waals surface area contributed by atoms with Crippen LogP contribution in [0.25, 0.3) is 0 Å². The fourth-order valence-corrected chi connectivity index (χ4v) is 5.38. The molecular formula is C31H38N2O5. The largest absolute Gasteiger partial charge is 0.455 e. The van der Waals surface area contributed by atoms with Gasteiger partial charge in [0.05, 0.1) is 30.5 Å². The second kappa shape index (κ2) is 13.4. The van der Waals surface area contributed by atoms with Crippen molar-refractivity contribution in [2.75, 3.05) is 13.2 Å². The van der Waals surface area contributed by atoms with Gasteiger partial charge in [0.15, 0.2) is 0 Å². The Morgan fingerprint density at radius 1 is 0.947 bits per heavy atom. The Morgan fingerprint density at radius 2 is 1.58 bits per heavy atom. The molecule has 1 aliphatic heterocycles. The number of cyclic esters (lactones) is 1. The molecule has 0 radical (unpaired) electrons. The predicted molar refractivity (Wildman–Crippen MR) is 145 cm³/mol. The lowest BCUT2D eigenvalue weighted by Crippen LogP contribution is -2.50. The van der Waals surface area contributed by atoms with Gasteiger partial charge in [-0.3, -0.25) is 14.4 Å². The first-order valence-electron chi connectivity index (χ1n) is 13.6. The van der Waals surface area contributed by atoms with Crippen LogP contribution >= 0.6 is 0 Å². The topological polar surface area (TPSA) is 105 Å². The van der Waals surface area contributed by atoms with E-state index in [2.05, 4.69) is 10.6 Å². The van der Waals surface area contributed by atoms with Crippen LogP contribution in [0.15, 0.2) is 72.8 Å². The summed E-state index contributed by atoms with van der Waals surface area (Å²) in [5, 5.41) is 15.8. The second-order valence-corrected chi connectivity index (χ2v) is 10.5. The van der Waals surface area contributed by atoms with Gasteiger partial charge in [0, 0.05) is 6.42 Å². The van der Waals surface area contributed by atoms with Crippen LogP contribution in [0.2, 0.25) is 0 Å². The summed E-state index contributed by atoms with van der Waals surface area (Å²) in [5.41, 5.74) is 1.28. The number of carbonyl (C=O) groups excluding carboxylic acids is 3. The number of carbonyl (C=O) groups is 3. The van der Waals surface area contributed by atoms with Crippen molar-refractivity contribution >= 4 is 17.8 Å². The Kier molecular flexibility index (Phi) is 9.71. The first-order valence-corrected chi connectivity index (χ1v) is 13.6. The Morgan fingerprint density at radius 3 is 2.24 bits per heavy atom. The van der Waals surface area contributed by atoms with Gasteiger partial charge in [-0.05, 0) is 43.2 Å². The number of esters is 1. The summed E-state index contributed by atoms with van der Waals surface area (Å²) in [6.07, 6.45) is 8.03. The summed E-state index contributed by atoms with van der Waals surface area (Å²) >= 11 is 0. The molecule has 202 valence electrons. The number of hydrogen-bond acceptors (Lipinski definition) is 5. The van der Waals surface area contributed by atoms with E-state index < -0.39 is 17.6 Å². The first kappa shape index (κ1) is 27.6. The molecule has 0 aromatic heterocycles. The quantitative estimate of drug-likeness (QED) is 0.379. The van der Waals surface area contributed by atoms with Crippen molar-refractivity contribution in [2.45, 2.75) is 63.0 Å². The van der Waals surface area contributed by atoms with Crippen molar-refractivity contribution in [3.8, 4) is 0 Å². The Labute approximate surface area is 224 Å². The van der Waals surface area contributed by atoms with Crippen molar-refractivity contribution in [3.05, 3.63) is 83.9 Å². The van der Waals surface area contributed by atoms with E-state index in [0.717, 1.165) is 36.8 Å². The van der Waals surface area contributed by atoms with Crippen molar-refractivity contribution in [3.63, 3.8) is 0 Å². The van der Waals surface area contributed by atoms with Crippen LogP contribution in [0, 0.1) is 11.8 Å². The van der Waals surface area contributed by atoms with Crippen LogP contribution in [-0.2, 0) is 25.5 Å². The molecule has 38 heavy (non-hydrogen) atoms. The van der Waals surface area contributed by atoms with Crippen molar-refractivity contribution in [1.82, 2.24) is 10.6 Å². The Balaban J connectivity index is 1.52. The molecule has 7 heteroatoms. The van der Waals surface area contributed by atoms with Crippen LogP contribution < -0.4 is 10.6 Å². The van der Waals surface area contributed by atoms with Crippen LogP contribution in [-0.4, -0.2) is 41.6 Å². The fourth-order valence-electron chi connectivity index (χ4n) is 5.38. The van der Waals surface area contributed by atoms with Gasteiger partial charge in [-0.25, -0.2) is 0 Å². The molecule has 0 saturated heterocycles. The van der Waals surface area contributed by atoms with Gasteiger partial charge < -0.3 is 20.5 Å². The SMILES string of the molecule is O=C(C[C@H]1CC=CC[C@H](Cc2ccccc2)C(=O)O[C@H](c2ccccc2)CNC1=O)NC1(CO)CCCC1. The molecule has 0 spiro atoms. The number of allylic oxidation sites excluding steroid dienone is 2. The number of benzene rings is 2. The molecule has 2 aromatic carbocycles. The number of amides is 2. The monoisotopic (exact) mass is 518 g/mol. The van der Waals surface area contributed by atoms with Gasteiger partial charge in [-0.2, -0.15) is 0 Å². The normalized spacial score (nSPS) is 24.0. The Hall–Kier alpha value is -3.45. The van der Waals surface area contributed by atoms with Crippen molar-refractivity contribution in [2.24, 2.45) is 11.8 Å². The number of ether oxygens (including phenoxy) is 1. The zero-order valence-corrected chi connectivity index (χ0v) is 21.8. The number of nitrogens with one attached hydrogen (secondary N) is 2. The van der Waals surface area contributed by atoms with Crippen molar-refractivity contribution in [1.29, 1.82) is 0 Å². The highest BCUT2D eigenvalue weighted by atomic mass is 16.5. The lowest BCUT2D eigenvalue weighted by atomic mass is 9.93. The summed E-state index contributed by atoms with van der Waals surface area (Å²) in [4.78, 5) is 39.4. The molecule has 0 bridgehead atoms. The first-order chi connectivity index (χ1) is 18.5. The number of rotatable bonds is 7. The van der Waals surface area contributed by atoms with Gasteiger partial charge >= 0.3 is 5.97 Å². The zero-order valence-electron chi connectivity index (χ0n) is 21.8. The van der Waals surface area contributed by atoms with Crippen LogP contribution in [0.1, 0.15) is 62.2 Å². The predicted octanol–water partition coefficient (Wildman–Crippen LogP) is 4.02. The minimum absolute atomic E-state index is 0.0289.